The fraction of sp³-hybridized carbons (Fsp3) is 0.368. The van der Waals surface area contributed by atoms with Crippen LogP contribution in [0.1, 0.15) is 37.2 Å². The Kier molecular flexibility index (Phi) is 4.29. The number of pyridine rings is 1. The number of aliphatic imine (C=N–C) groups is 1. The predicted molar refractivity (Wildman–Crippen MR) is 100 cm³/mol. The second-order valence-electron chi connectivity index (χ2n) is 6.30. The fourth-order valence-corrected chi connectivity index (χ4v) is 4.56. The van der Waals surface area contributed by atoms with Gasteiger partial charge in [-0.3, -0.25) is 9.98 Å². The number of nitrogens with zero attached hydrogens (tertiary/aromatic N) is 3. The van der Waals surface area contributed by atoms with Crippen LogP contribution in [0.5, 0.6) is 11.5 Å². The van der Waals surface area contributed by atoms with Gasteiger partial charge in [-0.15, -0.1) is 0 Å². The zero-order valence-corrected chi connectivity index (χ0v) is 15.1. The van der Waals surface area contributed by atoms with E-state index >= 15 is 0 Å². The number of phenolic OH excluding ortho intramolecular Hbond substituents is 1. The van der Waals surface area contributed by atoms with Gasteiger partial charge in [-0.05, 0) is 36.8 Å². The monoisotopic (exact) mass is 355 g/mol. The van der Waals surface area contributed by atoms with Crippen LogP contribution in [0.3, 0.4) is 0 Å². The normalized spacial score (nSPS) is 25.0. The number of hydrogen-bond acceptors (Lipinski definition) is 6. The van der Waals surface area contributed by atoms with Gasteiger partial charge in [0.25, 0.3) is 0 Å². The van der Waals surface area contributed by atoms with Crippen molar-refractivity contribution in [2.75, 3.05) is 13.2 Å². The van der Waals surface area contributed by atoms with Crippen molar-refractivity contribution in [1.29, 1.82) is 0 Å². The van der Waals surface area contributed by atoms with E-state index in [9.17, 15) is 5.11 Å². The van der Waals surface area contributed by atoms with Crippen molar-refractivity contribution < 1.29 is 9.84 Å². The number of ether oxygens (including phenoxy) is 1. The molecule has 0 bridgehead atoms. The third-order valence-corrected chi connectivity index (χ3v) is 5.61. The van der Waals surface area contributed by atoms with E-state index in [1.807, 2.05) is 55.2 Å². The van der Waals surface area contributed by atoms with Crippen LogP contribution in [-0.4, -0.2) is 38.6 Å². The second kappa shape index (κ2) is 6.59. The number of rotatable bonds is 4. The van der Waals surface area contributed by atoms with E-state index in [1.165, 1.54) is 0 Å². The highest BCUT2D eigenvalue weighted by Gasteiger charge is 2.43. The molecule has 3 heterocycles. The van der Waals surface area contributed by atoms with Gasteiger partial charge in [-0.25, -0.2) is 0 Å². The first-order valence-electron chi connectivity index (χ1n) is 8.55. The van der Waals surface area contributed by atoms with Crippen LogP contribution in [0.25, 0.3) is 0 Å². The lowest BCUT2D eigenvalue weighted by atomic mass is 9.96. The Hall–Kier alpha value is -2.21. The summed E-state index contributed by atoms with van der Waals surface area (Å²) in [4.78, 5) is 11.9. The zero-order chi connectivity index (χ0) is 17.4. The maximum absolute atomic E-state index is 10.0. The molecule has 6 heteroatoms. The summed E-state index contributed by atoms with van der Waals surface area (Å²) in [5.41, 5.74) is 2.05. The van der Waals surface area contributed by atoms with Crippen molar-refractivity contribution in [3.8, 4) is 11.5 Å². The number of hydrogen-bond donors (Lipinski definition) is 1. The molecule has 1 N–H and O–H groups in total. The minimum absolute atomic E-state index is 0.0461. The standard InChI is InChI=1S/C19H21N3O2S/c1-3-24-16-10-13(7-8-15(16)23)18-17(14-6-4-5-9-20-14)21-19-22(18)11-12(2)25-19/h4-10,12,17-18,23H,3,11H2,1-2H3. The maximum Gasteiger partial charge on any atom is 0.161 e. The number of thioether (sulfide) groups is 1. The summed E-state index contributed by atoms with van der Waals surface area (Å²) in [6, 6.07) is 11.6. The van der Waals surface area contributed by atoms with Gasteiger partial charge >= 0.3 is 0 Å². The molecule has 0 amide bonds. The molecule has 1 saturated heterocycles. The van der Waals surface area contributed by atoms with Crippen LogP contribution in [0.15, 0.2) is 47.6 Å². The molecule has 0 aliphatic carbocycles. The highest BCUT2D eigenvalue weighted by atomic mass is 32.2. The largest absolute Gasteiger partial charge is 0.504 e. The molecule has 2 aliphatic rings. The molecular formula is C19H21N3O2S. The molecule has 0 radical (unpaired) electrons. The minimum Gasteiger partial charge on any atom is -0.504 e. The van der Waals surface area contributed by atoms with Gasteiger partial charge in [0.1, 0.15) is 6.04 Å². The Labute approximate surface area is 151 Å². The van der Waals surface area contributed by atoms with E-state index in [0.717, 1.165) is 23.0 Å². The summed E-state index contributed by atoms with van der Waals surface area (Å²) in [7, 11) is 0. The summed E-state index contributed by atoms with van der Waals surface area (Å²) in [5.74, 6) is 0.691. The van der Waals surface area contributed by atoms with E-state index in [2.05, 4.69) is 16.8 Å². The van der Waals surface area contributed by atoms with Crippen molar-refractivity contribution >= 4 is 16.9 Å². The number of amidine groups is 1. The number of benzene rings is 1. The van der Waals surface area contributed by atoms with Crippen LogP contribution in [-0.2, 0) is 0 Å². The Morgan fingerprint density at radius 3 is 2.96 bits per heavy atom. The Morgan fingerprint density at radius 2 is 2.20 bits per heavy atom. The van der Waals surface area contributed by atoms with Gasteiger partial charge in [0.05, 0.1) is 18.3 Å². The molecule has 3 unspecified atom stereocenters. The highest BCUT2D eigenvalue weighted by Crippen LogP contribution is 2.48. The fourth-order valence-electron chi connectivity index (χ4n) is 3.46. The SMILES string of the molecule is CCOc1cc(C2C(c3ccccn3)N=C3SC(C)CN32)ccc1O. The molecule has 130 valence electrons. The van der Waals surface area contributed by atoms with E-state index in [0.29, 0.717) is 17.6 Å². The predicted octanol–water partition coefficient (Wildman–Crippen LogP) is 3.78. The lowest BCUT2D eigenvalue weighted by Gasteiger charge is -2.27. The lowest BCUT2D eigenvalue weighted by molar-refractivity contribution is 0.306. The molecule has 4 rings (SSSR count). The third-order valence-electron chi connectivity index (χ3n) is 4.51. The van der Waals surface area contributed by atoms with Gasteiger partial charge in [-0.2, -0.15) is 0 Å². The van der Waals surface area contributed by atoms with Crippen LogP contribution in [0.2, 0.25) is 0 Å². The first-order valence-corrected chi connectivity index (χ1v) is 9.43. The summed E-state index contributed by atoms with van der Waals surface area (Å²) in [6.07, 6.45) is 1.81. The lowest BCUT2D eigenvalue weighted by Crippen LogP contribution is -2.28. The van der Waals surface area contributed by atoms with E-state index in [-0.39, 0.29) is 17.8 Å². The van der Waals surface area contributed by atoms with Gasteiger partial charge < -0.3 is 14.7 Å². The molecular weight excluding hydrogens is 334 g/mol. The molecule has 1 aromatic heterocycles. The summed E-state index contributed by atoms with van der Waals surface area (Å²) in [6.45, 7) is 5.62. The third kappa shape index (κ3) is 2.95. The topological polar surface area (TPSA) is 58.0 Å². The Bertz CT molecular complexity index is 797. The molecule has 2 aromatic rings. The quantitative estimate of drug-likeness (QED) is 0.905. The van der Waals surface area contributed by atoms with Crippen molar-refractivity contribution in [2.45, 2.75) is 31.2 Å². The summed E-state index contributed by atoms with van der Waals surface area (Å²) >= 11 is 1.82. The van der Waals surface area contributed by atoms with Crippen LogP contribution in [0.4, 0.5) is 0 Å². The van der Waals surface area contributed by atoms with Gasteiger partial charge in [0.15, 0.2) is 16.7 Å². The Morgan fingerprint density at radius 1 is 1.32 bits per heavy atom. The van der Waals surface area contributed by atoms with Crippen LogP contribution < -0.4 is 4.74 Å². The number of phenols is 1. The highest BCUT2D eigenvalue weighted by molar-refractivity contribution is 8.14. The van der Waals surface area contributed by atoms with Crippen molar-refractivity contribution in [3.05, 3.63) is 53.9 Å². The van der Waals surface area contributed by atoms with E-state index in [4.69, 9.17) is 9.73 Å². The zero-order valence-electron chi connectivity index (χ0n) is 14.3. The first-order chi connectivity index (χ1) is 12.2. The average molecular weight is 355 g/mol. The molecule has 25 heavy (non-hydrogen) atoms. The van der Waals surface area contributed by atoms with Crippen molar-refractivity contribution in [3.63, 3.8) is 0 Å². The molecule has 2 aliphatic heterocycles. The van der Waals surface area contributed by atoms with E-state index in [1.54, 1.807) is 6.07 Å². The first kappa shape index (κ1) is 16.3. The molecule has 3 atom stereocenters. The maximum atomic E-state index is 10.0. The summed E-state index contributed by atoms with van der Waals surface area (Å²) in [5, 5.41) is 11.6. The van der Waals surface area contributed by atoms with Gasteiger partial charge in [0, 0.05) is 18.0 Å². The molecule has 0 saturated carbocycles. The molecule has 1 aromatic carbocycles. The van der Waals surface area contributed by atoms with Crippen molar-refractivity contribution in [2.24, 2.45) is 4.99 Å². The molecule has 0 spiro atoms. The smallest absolute Gasteiger partial charge is 0.161 e. The van der Waals surface area contributed by atoms with Crippen molar-refractivity contribution in [1.82, 2.24) is 9.88 Å². The van der Waals surface area contributed by atoms with Gasteiger partial charge in [0.2, 0.25) is 0 Å². The average Bonchev–Trinajstić information content (AvgIpc) is 3.14. The Balaban J connectivity index is 1.76. The number of aromatic hydroxyl groups is 1. The van der Waals surface area contributed by atoms with Crippen LogP contribution >= 0.6 is 11.8 Å². The number of fused-ring (bicyclic) bond motifs is 1. The van der Waals surface area contributed by atoms with E-state index < -0.39 is 0 Å². The second-order valence-corrected chi connectivity index (χ2v) is 7.70. The molecule has 5 nitrogen and oxygen atoms in total. The summed E-state index contributed by atoms with van der Waals surface area (Å²) < 4.78 is 5.58. The number of aromatic nitrogens is 1. The van der Waals surface area contributed by atoms with Gasteiger partial charge in [-0.1, -0.05) is 30.8 Å². The van der Waals surface area contributed by atoms with Crippen LogP contribution in [0, 0.1) is 0 Å². The minimum atomic E-state index is -0.0461. The molecule has 1 fully saturated rings.